The summed E-state index contributed by atoms with van der Waals surface area (Å²) in [6, 6.07) is 10.7. The second-order valence-corrected chi connectivity index (χ2v) is 6.60. The molecule has 2 N–H and O–H groups in total. The van der Waals surface area contributed by atoms with Crippen molar-refractivity contribution in [2.75, 3.05) is 13.1 Å². The summed E-state index contributed by atoms with van der Waals surface area (Å²) in [5.41, 5.74) is 3.53. The van der Waals surface area contributed by atoms with Crippen LogP contribution in [-0.2, 0) is 0 Å². The van der Waals surface area contributed by atoms with E-state index in [1.165, 1.54) is 12.1 Å². The number of nitrogens with zero attached hydrogens (tertiary/aromatic N) is 2. The third-order valence-corrected chi connectivity index (χ3v) is 4.89. The number of aromatic nitrogens is 2. The predicted octanol–water partition coefficient (Wildman–Crippen LogP) is 4.20. The van der Waals surface area contributed by atoms with E-state index < -0.39 is 11.6 Å². The van der Waals surface area contributed by atoms with Gasteiger partial charge >= 0.3 is 0 Å². The van der Waals surface area contributed by atoms with Crippen LogP contribution in [0.1, 0.15) is 24.3 Å². The second-order valence-electron chi connectivity index (χ2n) is 6.60. The highest BCUT2D eigenvalue weighted by Crippen LogP contribution is 2.35. The molecule has 0 saturated carbocycles. The minimum atomic E-state index is -0.618. The molecule has 3 aromatic rings. The van der Waals surface area contributed by atoms with E-state index in [0.717, 1.165) is 48.0 Å². The fourth-order valence-corrected chi connectivity index (χ4v) is 3.63. The first-order chi connectivity index (χ1) is 12.6. The summed E-state index contributed by atoms with van der Waals surface area (Å²) in [6.07, 6.45) is 3.67. The average Bonchev–Trinajstić information content (AvgIpc) is 3.03. The smallest absolute Gasteiger partial charge is 0.126 e. The van der Waals surface area contributed by atoms with Crippen molar-refractivity contribution < 1.29 is 14.0 Å². The highest BCUT2D eigenvalue weighted by Gasteiger charge is 2.23. The molecule has 2 aromatic carbocycles. The highest BCUT2D eigenvalue weighted by molar-refractivity contribution is 5.73. The Morgan fingerprint density at radius 2 is 1.65 bits per heavy atom. The molecule has 4 rings (SSSR count). The van der Waals surface area contributed by atoms with Crippen LogP contribution < -0.4 is 5.32 Å². The molecule has 0 unspecified atom stereocenters. The molecule has 1 fully saturated rings. The molecule has 1 aromatic heterocycles. The van der Waals surface area contributed by atoms with Gasteiger partial charge in [-0.15, -0.1) is 9.94 Å². The summed E-state index contributed by atoms with van der Waals surface area (Å²) in [4.78, 5) is 0.892. The number of halogens is 2. The van der Waals surface area contributed by atoms with E-state index in [1.807, 2.05) is 18.2 Å². The number of hydrogen-bond donors (Lipinski definition) is 2. The summed E-state index contributed by atoms with van der Waals surface area (Å²) in [5.74, 6) is -0.914. The van der Waals surface area contributed by atoms with Gasteiger partial charge in [-0.25, -0.2) is 8.78 Å². The summed E-state index contributed by atoms with van der Waals surface area (Å²) in [7, 11) is 0. The van der Waals surface area contributed by atoms with E-state index in [1.54, 1.807) is 12.3 Å². The van der Waals surface area contributed by atoms with Crippen molar-refractivity contribution in [3.05, 3.63) is 65.9 Å². The van der Waals surface area contributed by atoms with Gasteiger partial charge in [-0.2, -0.15) is 0 Å². The predicted molar refractivity (Wildman–Crippen MR) is 95.0 cm³/mol. The second kappa shape index (κ2) is 6.88. The van der Waals surface area contributed by atoms with Crippen molar-refractivity contribution in [3.63, 3.8) is 0 Å². The number of nitrogens with one attached hydrogen (secondary N) is 1. The Kier molecular flexibility index (Phi) is 4.42. The van der Waals surface area contributed by atoms with E-state index in [4.69, 9.17) is 0 Å². The normalized spacial score (nSPS) is 15.3. The Morgan fingerprint density at radius 3 is 2.38 bits per heavy atom. The summed E-state index contributed by atoms with van der Waals surface area (Å²) in [5, 5.41) is 17.6. The maximum atomic E-state index is 13.6. The van der Waals surface area contributed by atoms with Crippen LogP contribution in [0.2, 0.25) is 0 Å². The van der Waals surface area contributed by atoms with Gasteiger partial charge in [0.25, 0.3) is 0 Å². The van der Waals surface area contributed by atoms with Crippen LogP contribution in [0.25, 0.3) is 22.4 Å². The van der Waals surface area contributed by atoms with Gasteiger partial charge in [0, 0.05) is 17.2 Å². The van der Waals surface area contributed by atoms with Gasteiger partial charge < -0.3 is 10.5 Å². The summed E-state index contributed by atoms with van der Waals surface area (Å²) in [6.45, 7) is 1.87. The topological polar surface area (TPSA) is 50.1 Å². The lowest BCUT2D eigenvalue weighted by molar-refractivity contribution is 0.153. The van der Waals surface area contributed by atoms with Crippen LogP contribution in [0.15, 0.2) is 48.7 Å². The first kappa shape index (κ1) is 16.7. The van der Waals surface area contributed by atoms with Crippen LogP contribution >= 0.6 is 0 Å². The lowest BCUT2D eigenvalue weighted by atomic mass is 9.88. The van der Waals surface area contributed by atoms with E-state index in [0.29, 0.717) is 22.7 Å². The lowest BCUT2D eigenvalue weighted by Gasteiger charge is -2.22. The quantitative estimate of drug-likeness (QED) is 0.693. The largest absolute Gasteiger partial charge is 0.411 e. The van der Waals surface area contributed by atoms with Crippen molar-refractivity contribution >= 4 is 0 Å². The third-order valence-electron chi connectivity index (χ3n) is 4.89. The molecule has 6 heteroatoms. The van der Waals surface area contributed by atoms with Gasteiger partial charge in [-0.3, -0.25) is 0 Å². The van der Waals surface area contributed by atoms with E-state index in [-0.39, 0.29) is 0 Å². The first-order valence-corrected chi connectivity index (χ1v) is 8.66. The zero-order chi connectivity index (χ0) is 18.1. The van der Waals surface area contributed by atoms with Crippen molar-refractivity contribution in [1.29, 1.82) is 0 Å². The molecule has 1 aliphatic heterocycles. The van der Waals surface area contributed by atoms with Crippen molar-refractivity contribution in [3.8, 4) is 22.4 Å². The maximum Gasteiger partial charge on any atom is 0.126 e. The maximum absolute atomic E-state index is 13.6. The lowest BCUT2D eigenvalue weighted by Crippen LogP contribution is -2.26. The average molecular weight is 355 g/mol. The zero-order valence-electron chi connectivity index (χ0n) is 14.1. The molecule has 0 radical (unpaired) electrons. The number of benzene rings is 2. The Labute approximate surface area is 150 Å². The molecule has 1 aliphatic rings. The van der Waals surface area contributed by atoms with Gasteiger partial charge in [0.2, 0.25) is 0 Å². The molecule has 0 spiro atoms. The van der Waals surface area contributed by atoms with Crippen LogP contribution in [0.4, 0.5) is 8.78 Å². The van der Waals surface area contributed by atoms with E-state index in [9.17, 15) is 14.0 Å². The van der Waals surface area contributed by atoms with Gasteiger partial charge in [-0.05, 0) is 61.2 Å². The van der Waals surface area contributed by atoms with E-state index in [2.05, 4.69) is 10.4 Å². The molecule has 0 aliphatic carbocycles. The monoisotopic (exact) mass is 355 g/mol. The molecular formula is C20H19F2N3O. The molecule has 134 valence electrons. The van der Waals surface area contributed by atoms with Crippen LogP contribution in [-0.4, -0.2) is 28.2 Å². The van der Waals surface area contributed by atoms with Gasteiger partial charge in [-0.1, -0.05) is 18.2 Å². The fourth-order valence-electron chi connectivity index (χ4n) is 3.63. The minimum absolute atomic E-state index is 0.322. The number of piperidine rings is 1. The first-order valence-electron chi connectivity index (χ1n) is 8.66. The summed E-state index contributed by atoms with van der Waals surface area (Å²) >= 11 is 0. The van der Waals surface area contributed by atoms with E-state index >= 15 is 0 Å². The van der Waals surface area contributed by atoms with Crippen LogP contribution in [0.3, 0.4) is 0 Å². The third kappa shape index (κ3) is 3.20. The molecular weight excluding hydrogens is 336 g/mol. The van der Waals surface area contributed by atoms with Crippen molar-refractivity contribution in [2.45, 2.75) is 18.8 Å². The Bertz CT molecular complexity index is 912. The van der Waals surface area contributed by atoms with Crippen LogP contribution in [0.5, 0.6) is 0 Å². The summed E-state index contributed by atoms with van der Waals surface area (Å²) < 4.78 is 27.1. The zero-order valence-corrected chi connectivity index (χ0v) is 14.1. The van der Waals surface area contributed by atoms with Crippen LogP contribution in [0, 0.1) is 11.6 Å². The molecule has 0 amide bonds. The SMILES string of the molecule is On1ncc(C2CCNCC2)c1-c1cccc(-c2cc(F)cc(F)c2)c1. The van der Waals surface area contributed by atoms with Gasteiger partial charge in [0.15, 0.2) is 0 Å². The highest BCUT2D eigenvalue weighted by atomic mass is 19.1. The Hall–Kier alpha value is -2.73. The molecule has 26 heavy (non-hydrogen) atoms. The Balaban J connectivity index is 1.76. The van der Waals surface area contributed by atoms with Crippen molar-refractivity contribution in [1.82, 2.24) is 15.3 Å². The van der Waals surface area contributed by atoms with Gasteiger partial charge in [0.1, 0.15) is 17.3 Å². The Morgan fingerprint density at radius 1 is 0.962 bits per heavy atom. The molecule has 2 heterocycles. The minimum Gasteiger partial charge on any atom is -0.411 e. The molecule has 0 atom stereocenters. The fraction of sp³-hybridized carbons (Fsp3) is 0.250. The molecule has 0 bridgehead atoms. The van der Waals surface area contributed by atoms with Crippen molar-refractivity contribution in [2.24, 2.45) is 0 Å². The number of hydrogen-bond acceptors (Lipinski definition) is 3. The standard InChI is InChI=1S/C20H19F2N3O/c21-17-9-16(10-18(22)11-17)14-2-1-3-15(8-14)20-19(12-24-25(20)26)13-4-6-23-7-5-13/h1-3,8-13,23,26H,4-7H2. The molecule has 4 nitrogen and oxygen atoms in total. The van der Waals surface area contributed by atoms with Gasteiger partial charge in [0.05, 0.1) is 6.20 Å². The number of rotatable bonds is 3. The molecule has 1 saturated heterocycles.